The fraction of sp³-hybridized carbons (Fsp3) is 0.800. The van der Waals surface area contributed by atoms with E-state index >= 15 is 0 Å². The third kappa shape index (κ3) is 3.01. The van der Waals surface area contributed by atoms with Crippen molar-refractivity contribution in [3.05, 3.63) is 4.77 Å². The molecule has 0 aliphatic heterocycles. The lowest BCUT2D eigenvalue weighted by atomic mass is 10.3. The van der Waals surface area contributed by atoms with Crippen molar-refractivity contribution in [3.63, 3.8) is 0 Å². The number of nitrogens with zero attached hydrogens (tertiary/aromatic N) is 3. The second-order valence-corrected chi connectivity index (χ2v) is 5.19. The predicted octanol–water partition coefficient (Wildman–Crippen LogP) is 2.54. The minimum Gasteiger partial charge on any atom is -0.340 e. The number of hydrogen-bond acceptors (Lipinski definition) is 4. The Kier molecular flexibility index (Phi) is 5.34. The molecule has 0 saturated carbocycles. The average Bonchev–Trinajstić information content (AvgIpc) is 2.61. The molecule has 0 bridgehead atoms. The van der Waals surface area contributed by atoms with Crippen LogP contribution in [0.2, 0.25) is 0 Å². The first-order valence-electron chi connectivity index (χ1n) is 5.48. The van der Waals surface area contributed by atoms with Crippen molar-refractivity contribution in [2.24, 2.45) is 0 Å². The van der Waals surface area contributed by atoms with Crippen LogP contribution < -0.4 is 4.90 Å². The van der Waals surface area contributed by atoms with Gasteiger partial charge in [0.2, 0.25) is 5.95 Å². The maximum Gasteiger partial charge on any atom is 0.225 e. The highest BCUT2D eigenvalue weighted by atomic mass is 32.2. The Morgan fingerprint density at radius 2 is 2.31 bits per heavy atom. The van der Waals surface area contributed by atoms with E-state index < -0.39 is 0 Å². The zero-order valence-corrected chi connectivity index (χ0v) is 12.0. The molecule has 4 nitrogen and oxygen atoms in total. The lowest BCUT2D eigenvalue weighted by Crippen LogP contribution is -2.33. The SMILES string of the molecule is CCCn1c(N(C)C(C)CSC)n[nH]c1=S. The summed E-state index contributed by atoms with van der Waals surface area (Å²) in [5.74, 6) is 2.02. The number of hydrogen-bond donors (Lipinski definition) is 1. The summed E-state index contributed by atoms with van der Waals surface area (Å²) in [5, 5.41) is 7.17. The molecule has 0 saturated heterocycles. The van der Waals surface area contributed by atoms with Crippen LogP contribution in [0, 0.1) is 4.77 Å². The summed E-state index contributed by atoms with van der Waals surface area (Å²) in [7, 11) is 2.07. The Bertz CT molecular complexity index is 371. The van der Waals surface area contributed by atoms with E-state index in [1.54, 1.807) is 0 Å². The van der Waals surface area contributed by atoms with E-state index in [1.807, 2.05) is 11.8 Å². The van der Waals surface area contributed by atoms with Crippen molar-refractivity contribution in [2.45, 2.75) is 32.9 Å². The van der Waals surface area contributed by atoms with Crippen LogP contribution in [0.25, 0.3) is 0 Å². The van der Waals surface area contributed by atoms with Crippen LogP contribution >= 0.6 is 24.0 Å². The van der Waals surface area contributed by atoms with Crippen molar-refractivity contribution in [3.8, 4) is 0 Å². The molecule has 1 aromatic rings. The van der Waals surface area contributed by atoms with Gasteiger partial charge in [-0.1, -0.05) is 6.92 Å². The highest BCUT2D eigenvalue weighted by molar-refractivity contribution is 7.98. The summed E-state index contributed by atoms with van der Waals surface area (Å²) < 4.78 is 2.77. The van der Waals surface area contributed by atoms with Crippen LogP contribution in [-0.2, 0) is 6.54 Å². The van der Waals surface area contributed by atoms with Crippen molar-refractivity contribution < 1.29 is 0 Å². The second-order valence-electron chi connectivity index (χ2n) is 3.90. The quantitative estimate of drug-likeness (QED) is 0.798. The number of aromatic amines is 1. The summed E-state index contributed by atoms with van der Waals surface area (Å²) in [6, 6.07) is 0.454. The van der Waals surface area contributed by atoms with Crippen molar-refractivity contribution in [2.75, 3.05) is 24.0 Å². The molecular formula is C10H20N4S2. The first-order valence-corrected chi connectivity index (χ1v) is 7.29. The monoisotopic (exact) mass is 260 g/mol. The van der Waals surface area contributed by atoms with E-state index in [4.69, 9.17) is 12.2 Å². The minimum absolute atomic E-state index is 0.454. The van der Waals surface area contributed by atoms with Gasteiger partial charge in [-0.15, -0.1) is 5.10 Å². The average molecular weight is 260 g/mol. The Morgan fingerprint density at radius 3 is 2.88 bits per heavy atom. The lowest BCUT2D eigenvalue weighted by molar-refractivity contribution is 0.636. The number of anilines is 1. The summed E-state index contributed by atoms with van der Waals surface area (Å²) in [4.78, 5) is 2.18. The normalized spacial score (nSPS) is 12.8. The van der Waals surface area contributed by atoms with Crippen LogP contribution in [0.4, 0.5) is 5.95 Å². The summed E-state index contributed by atoms with van der Waals surface area (Å²) in [6.07, 6.45) is 3.18. The van der Waals surface area contributed by atoms with Crippen LogP contribution in [0.3, 0.4) is 0 Å². The Labute approximate surface area is 106 Å². The van der Waals surface area contributed by atoms with Gasteiger partial charge in [-0.05, 0) is 31.8 Å². The van der Waals surface area contributed by atoms with Gasteiger partial charge in [0, 0.05) is 25.4 Å². The van der Waals surface area contributed by atoms with Gasteiger partial charge in [0.15, 0.2) is 4.77 Å². The van der Waals surface area contributed by atoms with Crippen molar-refractivity contribution in [1.82, 2.24) is 14.8 Å². The van der Waals surface area contributed by atoms with Gasteiger partial charge < -0.3 is 4.90 Å². The van der Waals surface area contributed by atoms with E-state index in [0.717, 1.165) is 24.7 Å². The minimum atomic E-state index is 0.454. The molecule has 1 heterocycles. The molecule has 0 amide bonds. The standard InChI is InChI=1S/C10H20N4S2/c1-5-6-14-9(11-12-10(14)15)13(3)8(2)7-16-4/h8H,5-7H2,1-4H3,(H,12,15). The number of aromatic nitrogens is 3. The molecule has 1 aromatic heterocycles. The van der Waals surface area contributed by atoms with Crippen LogP contribution in [0.1, 0.15) is 20.3 Å². The zero-order chi connectivity index (χ0) is 12.1. The van der Waals surface area contributed by atoms with Gasteiger partial charge in [-0.3, -0.25) is 4.57 Å². The molecule has 0 radical (unpaired) electrons. The van der Waals surface area contributed by atoms with Crippen LogP contribution in [0.15, 0.2) is 0 Å². The molecule has 0 aliphatic rings. The largest absolute Gasteiger partial charge is 0.340 e. The predicted molar refractivity (Wildman–Crippen MR) is 73.9 cm³/mol. The summed E-state index contributed by atoms with van der Waals surface area (Å²) >= 11 is 7.07. The van der Waals surface area contributed by atoms with Gasteiger partial charge in [-0.25, -0.2) is 5.10 Å². The highest BCUT2D eigenvalue weighted by Gasteiger charge is 2.15. The number of rotatable bonds is 6. The van der Waals surface area contributed by atoms with E-state index in [-0.39, 0.29) is 0 Å². The molecular weight excluding hydrogens is 240 g/mol. The van der Waals surface area contributed by atoms with Gasteiger partial charge >= 0.3 is 0 Å². The smallest absolute Gasteiger partial charge is 0.225 e. The summed E-state index contributed by atoms with van der Waals surface area (Å²) in [5.41, 5.74) is 0. The summed E-state index contributed by atoms with van der Waals surface area (Å²) in [6.45, 7) is 5.26. The molecule has 6 heteroatoms. The molecule has 0 aromatic carbocycles. The maximum atomic E-state index is 5.22. The van der Waals surface area contributed by atoms with Crippen molar-refractivity contribution >= 4 is 29.9 Å². The number of H-pyrrole nitrogens is 1. The molecule has 92 valence electrons. The molecule has 1 N–H and O–H groups in total. The Morgan fingerprint density at radius 1 is 1.62 bits per heavy atom. The van der Waals surface area contributed by atoms with E-state index in [0.29, 0.717) is 10.8 Å². The number of nitrogens with one attached hydrogen (secondary N) is 1. The van der Waals surface area contributed by atoms with Gasteiger partial charge in [0.1, 0.15) is 0 Å². The molecule has 0 aliphatic carbocycles. The van der Waals surface area contributed by atoms with Crippen LogP contribution in [-0.4, -0.2) is 39.9 Å². The maximum absolute atomic E-state index is 5.22. The number of thioether (sulfide) groups is 1. The molecule has 1 unspecified atom stereocenters. The molecule has 1 atom stereocenters. The fourth-order valence-corrected chi connectivity index (χ4v) is 2.48. The van der Waals surface area contributed by atoms with Gasteiger partial charge in [0.25, 0.3) is 0 Å². The third-order valence-corrected chi connectivity index (χ3v) is 3.70. The van der Waals surface area contributed by atoms with E-state index in [1.165, 1.54) is 0 Å². The van der Waals surface area contributed by atoms with Crippen molar-refractivity contribution in [1.29, 1.82) is 0 Å². The van der Waals surface area contributed by atoms with E-state index in [9.17, 15) is 0 Å². The third-order valence-electron chi connectivity index (χ3n) is 2.57. The van der Waals surface area contributed by atoms with Crippen LogP contribution in [0.5, 0.6) is 0 Å². The highest BCUT2D eigenvalue weighted by Crippen LogP contribution is 2.15. The van der Waals surface area contributed by atoms with Gasteiger partial charge in [0.05, 0.1) is 0 Å². The Balaban J connectivity index is 2.90. The Hall–Kier alpha value is -0.490. The zero-order valence-electron chi connectivity index (χ0n) is 10.4. The first kappa shape index (κ1) is 13.6. The molecule has 1 rings (SSSR count). The fourth-order valence-electron chi connectivity index (χ4n) is 1.55. The molecule has 16 heavy (non-hydrogen) atoms. The topological polar surface area (TPSA) is 36.9 Å². The van der Waals surface area contributed by atoms with E-state index in [2.05, 4.69) is 46.8 Å². The molecule has 0 spiro atoms. The molecule has 0 fully saturated rings. The second kappa shape index (κ2) is 6.30. The van der Waals surface area contributed by atoms with Gasteiger partial charge in [-0.2, -0.15) is 11.8 Å². The lowest BCUT2D eigenvalue weighted by Gasteiger charge is -2.25. The first-order chi connectivity index (χ1) is 7.61.